The number of ether oxygens (including phenoxy) is 1. The highest BCUT2D eigenvalue weighted by Gasteiger charge is 2.25. The van der Waals surface area contributed by atoms with Gasteiger partial charge in [0.1, 0.15) is 11.2 Å². The van der Waals surface area contributed by atoms with Crippen molar-refractivity contribution in [2.75, 3.05) is 13.2 Å². The highest BCUT2D eigenvalue weighted by atomic mass is 35.5. The van der Waals surface area contributed by atoms with E-state index in [4.69, 9.17) is 22.1 Å². The van der Waals surface area contributed by atoms with Crippen LogP contribution >= 0.6 is 11.6 Å². The molecule has 0 bridgehead atoms. The standard InChI is InChI=1S/C13H18ClN3O3/c14-12-5-11(17(18)19)7-16-13(12)20-8-10-4-2-1-3-9(10)6-15/h5,7,9-10H,1-4,6,8,15H2. The first kappa shape index (κ1) is 15.0. The lowest BCUT2D eigenvalue weighted by Gasteiger charge is -2.30. The van der Waals surface area contributed by atoms with Crippen LogP contribution in [0.2, 0.25) is 5.02 Å². The van der Waals surface area contributed by atoms with Crippen molar-refractivity contribution in [2.24, 2.45) is 17.6 Å². The third-order valence-corrected chi connectivity index (χ3v) is 4.08. The summed E-state index contributed by atoms with van der Waals surface area (Å²) >= 11 is 5.94. The lowest BCUT2D eigenvalue weighted by molar-refractivity contribution is -0.385. The molecule has 7 heteroatoms. The van der Waals surface area contributed by atoms with Gasteiger partial charge < -0.3 is 10.5 Å². The summed E-state index contributed by atoms with van der Waals surface area (Å²) in [4.78, 5) is 14.0. The zero-order valence-corrected chi connectivity index (χ0v) is 11.9. The molecule has 2 atom stereocenters. The molecule has 0 radical (unpaired) electrons. The van der Waals surface area contributed by atoms with Gasteiger partial charge in [-0.1, -0.05) is 24.4 Å². The topological polar surface area (TPSA) is 91.3 Å². The summed E-state index contributed by atoms with van der Waals surface area (Å²) in [5, 5.41) is 10.8. The number of nitrogens with zero attached hydrogens (tertiary/aromatic N) is 2. The van der Waals surface area contributed by atoms with E-state index >= 15 is 0 Å². The van der Waals surface area contributed by atoms with Crippen molar-refractivity contribution in [3.8, 4) is 5.88 Å². The molecule has 0 saturated heterocycles. The number of halogens is 1. The van der Waals surface area contributed by atoms with Gasteiger partial charge in [0.15, 0.2) is 0 Å². The average molecular weight is 300 g/mol. The van der Waals surface area contributed by atoms with Crippen molar-refractivity contribution in [3.63, 3.8) is 0 Å². The van der Waals surface area contributed by atoms with Crippen LogP contribution in [-0.2, 0) is 0 Å². The van der Waals surface area contributed by atoms with Gasteiger partial charge in [0.05, 0.1) is 11.5 Å². The molecule has 2 N–H and O–H groups in total. The van der Waals surface area contributed by atoms with Gasteiger partial charge in [0.2, 0.25) is 5.88 Å². The van der Waals surface area contributed by atoms with Gasteiger partial charge in [-0.3, -0.25) is 10.1 Å². The van der Waals surface area contributed by atoms with E-state index in [-0.39, 0.29) is 16.6 Å². The van der Waals surface area contributed by atoms with Gasteiger partial charge in [0, 0.05) is 6.07 Å². The van der Waals surface area contributed by atoms with Crippen molar-refractivity contribution < 1.29 is 9.66 Å². The number of aromatic nitrogens is 1. The maximum absolute atomic E-state index is 10.6. The predicted octanol–water partition coefficient (Wildman–Crippen LogP) is 2.79. The van der Waals surface area contributed by atoms with Gasteiger partial charge in [-0.25, -0.2) is 4.98 Å². The zero-order chi connectivity index (χ0) is 14.5. The van der Waals surface area contributed by atoms with E-state index in [0.29, 0.717) is 25.0 Å². The summed E-state index contributed by atoms with van der Waals surface area (Å²) < 4.78 is 5.62. The normalized spacial score (nSPS) is 22.5. The Balaban J connectivity index is 1.98. The molecular weight excluding hydrogens is 282 g/mol. The number of hydrogen-bond donors (Lipinski definition) is 1. The highest BCUT2D eigenvalue weighted by Crippen LogP contribution is 2.31. The van der Waals surface area contributed by atoms with Gasteiger partial charge in [-0.15, -0.1) is 0 Å². The van der Waals surface area contributed by atoms with Crippen LogP contribution < -0.4 is 10.5 Å². The van der Waals surface area contributed by atoms with Crippen molar-refractivity contribution in [2.45, 2.75) is 25.7 Å². The first-order valence-corrected chi connectivity index (χ1v) is 7.12. The minimum absolute atomic E-state index is 0.139. The number of hydrogen-bond acceptors (Lipinski definition) is 5. The fourth-order valence-corrected chi connectivity index (χ4v) is 2.84. The summed E-state index contributed by atoms with van der Waals surface area (Å²) in [5.41, 5.74) is 5.63. The molecule has 2 rings (SSSR count). The zero-order valence-electron chi connectivity index (χ0n) is 11.1. The minimum Gasteiger partial charge on any atom is -0.476 e. The third kappa shape index (κ3) is 3.58. The molecule has 1 fully saturated rings. The summed E-state index contributed by atoms with van der Waals surface area (Å²) in [6, 6.07) is 1.26. The molecule has 0 spiro atoms. The molecule has 110 valence electrons. The largest absolute Gasteiger partial charge is 0.476 e. The van der Waals surface area contributed by atoms with E-state index in [2.05, 4.69) is 4.98 Å². The van der Waals surface area contributed by atoms with E-state index in [1.165, 1.54) is 18.9 Å². The molecule has 1 heterocycles. The number of pyridine rings is 1. The molecule has 1 aliphatic rings. The van der Waals surface area contributed by atoms with Crippen LogP contribution in [0.25, 0.3) is 0 Å². The molecule has 0 aliphatic heterocycles. The first-order valence-electron chi connectivity index (χ1n) is 6.74. The first-order chi connectivity index (χ1) is 9.61. The fraction of sp³-hybridized carbons (Fsp3) is 0.615. The minimum atomic E-state index is -0.533. The Kier molecular flexibility index (Phi) is 5.14. The van der Waals surface area contributed by atoms with Gasteiger partial charge in [0.25, 0.3) is 5.69 Å². The molecule has 0 aromatic carbocycles. The summed E-state index contributed by atoms with van der Waals surface area (Å²) in [5.74, 6) is 1.13. The Morgan fingerprint density at radius 1 is 1.45 bits per heavy atom. The van der Waals surface area contributed by atoms with Crippen LogP contribution in [0.3, 0.4) is 0 Å². The molecule has 1 aliphatic carbocycles. The highest BCUT2D eigenvalue weighted by molar-refractivity contribution is 6.32. The van der Waals surface area contributed by atoms with Crippen LogP contribution in [0.5, 0.6) is 5.88 Å². The van der Waals surface area contributed by atoms with Gasteiger partial charge in [-0.05, 0) is 31.2 Å². The molecule has 1 aromatic heterocycles. The Morgan fingerprint density at radius 2 is 2.15 bits per heavy atom. The van der Waals surface area contributed by atoms with Gasteiger partial charge >= 0.3 is 0 Å². The van der Waals surface area contributed by atoms with Crippen molar-refractivity contribution in [1.29, 1.82) is 0 Å². The predicted molar refractivity (Wildman–Crippen MR) is 75.9 cm³/mol. The van der Waals surface area contributed by atoms with Crippen molar-refractivity contribution >= 4 is 17.3 Å². The van der Waals surface area contributed by atoms with Crippen molar-refractivity contribution in [3.05, 3.63) is 27.4 Å². The molecule has 6 nitrogen and oxygen atoms in total. The number of nitrogens with two attached hydrogens (primary N) is 1. The lowest BCUT2D eigenvalue weighted by Crippen LogP contribution is -2.30. The smallest absolute Gasteiger partial charge is 0.289 e. The van der Waals surface area contributed by atoms with Crippen LogP contribution in [0.1, 0.15) is 25.7 Å². The monoisotopic (exact) mass is 299 g/mol. The van der Waals surface area contributed by atoms with Crippen LogP contribution in [0.15, 0.2) is 12.3 Å². The Morgan fingerprint density at radius 3 is 2.75 bits per heavy atom. The summed E-state index contributed by atoms with van der Waals surface area (Å²) in [6.07, 6.45) is 5.78. The molecule has 2 unspecified atom stereocenters. The van der Waals surface area contributed by atoms with E-state index in [0.717, 1.165) is 19.0 Å². The molecule has 0 amide bonds. The third-order valence-electron chi connectivity index (χ3n) is 3.81. The van der Waals surface area contributed by atoms with Crippen molar-refractivity contribution in [1.82, 2.24) is 4.98 Å². The quantitative estimate of drug-likeness (QED) is 0.667. The fourth-order valence-electron chi connectivity index (χ4n) is 2.62. The maximum Gasteiger partial charge on any atom is 0.289 e. The molecular formula is C13H18ClN3O3. The van der Waals surface area contributed by atoms with Crippen LogP contribution in [0, 0.1) is 22.0 Å². The SMILES string of the molecule is NCC1CCCCC1COc1ncc([N+](=O)[O-])cc1Cl. The van der Waals surface area contributed by atoms with Gasteiger partial charge in [-0.2, -0.15) is 0 Å². The Labute approximate surface area is 122 Å². The van der Waals surface area contributed by atoms with Crippen LogP contribution in [-0.4, -0.2) is 23.1 Å². The molecule has 1 saturated carbocycles. The Bertz CT molecular complexity index is 484. The second-order valence-electron chi connectivity index (χ2n) is 5.09. The maximum atomic E-state index is 10.6. The summed E-state index contributed by atoms with van der Waals surface area (Å²) in [6.45, 7) is 1.17. The average Bonchev–Trinajstić information content (AvgIpc) is 2.46. The van der Waals surface area contributed by atoms with E-state index in [9.17, 15) is 10.1 Å². The second kappa shape index (κ2) is 6.85. The van der Waals surface area contributed by atoms with E-state index in [1.807, 2.05) is 0 Å². The molecule has 1 aromatic rings. The Hall–Kier alpha value is -1.40. The van der Waals surface area contributed by atoms with E-state index in [1.54, 1.807) is 0 Å². The molecule has 20 heavy (non-hydrogen) atoms. The number of rotatable bonds is 5. The van der Waals surface area contributed by atoms with Crippen LogP contribution in [0.4, 0.5) is 5.69 Å². The number of nitro groups is 1. The lowest BCUT2D eigenvalue weighted by atomic mass is 9.80. The second-order valence-corrected chi connectivity index (χ2v) is 5.50. The summed E-state index contributed by atoms with van der Waals surface area (Å²) in [7, 11) is 0. The van der Waals surface area contributed by atoms with E-state index < -0.39 is 4.92 Å².